The van der Waals surface area contributed by atoms with Gasteiger partial charge in [-0.2, -0.15) is 0 Å². The molecule has 4 rings (SSSR count). The highest BCUT2D eigenvalue weighted by Crippen LogP contribution is 2.41. The second-order valence-corrected chi connectivity index (χ2v) is 12.7. The van der Waals surface area contributed by atoms with E-state index in [1.165, 1.54) is 35.3 Å². The van der Waals surface area contributed by atoms with Crippen LogP contribution in [0.4, 0.5) is 5.13 Å². The number of amides is 2. The number of aryl methyl sites for hydroxylation is 1. The van der Waals surface area contributed by atoms with Crippen molar-refractivity contribution in [2.24, 2.45) is 10.9 Å². The Morgan fingerprint density at radius 2 is 2.18 bits per heavy atom. The lowest BCUT2D eigenvalue weighted by molar-refractivity contribution is -0.150. The lowest BCUT2D eigenvalue weighted by Gasteiger charge is -2.49. The van der Waals surface area contributed by atoms with Crippen molar-refractivity contribution < 1.29 is 19.5 Å². The van der Waals surface area contributed by atoms with Crippen LogP contribution in [0.2, 0.25) is 4.34 Å². The molecule has 39 heavy (non-hydrogen) atoms. The third-order valence-corrected chi connectivity index (χ3v) is 9.37. The Labute approximate surface area is 243 Å². The van der Waals surface area contributed by atoms with E-state index in [-0.39, 0.29) is 26.6 Å². The number of nitroso groups, excluding NO2 is 1. The second kappa shape index (κ2) is 12.6. The number of anilines is 1. The number of carboxylic acids is 1. The van der Waals surface area contributed by atoms with Gasteiger partial charge in [0.2, 0.25) is 6.04 Å². The van der Waals surface area contributed by atoms with Crippen molar-refractivity contribution in [2.75, 3.05) is 23.8 Å². The third-order valence-electron chi connectivity index (χ3n) is 5.35. The number of carbonyl (C=O) groups is 3. The number of nitrogens with zero attached hydrogens (tertiary/aromatic N) is 5. The van der Waals surface area contributed by atoms with Crippen LogP contribution in [0.5, 0.6) is 0 Å². The fourth-order valence-electron chi connectivity index (χ4n) is 3.70. The van der Waals surface area contributed by atoms with E-state index in [2.05, 4.69) is 25.4 Å². The number of nitrogens with two attached hydrogens (primary N) is 2. The monoisotopic (exact) mass is 628 g/mol. The van der Waals surface area contributed by atoms with Gasteiger partial charge in [-0.25, -0.2) is 19.7 Å². The van der Waals surface area contributed by atoms with Crippen LogP contribution in [-0.2, 0) is 14.4 Å². The maximum atomic E-state index is 12.9. The van der Waals surface area contributed by atoms with Gasteiger partial charge in [-0.15, -0.1) is 16.7 Å². The number of thioether (sulfide) groups is 3. The van der Waals surface area contributed by atoms with Gasteiger partial charge in [0.1, 0.15) is 32.2 Å². The average Bonchev–Trinajstić information content (AvgIpc) is 3.22. The molecular weight excluding hydrogens is 608 g/mol. The summed E-state index contributed by atoms with van der Waals surface area (Å²) in [4.78, 5) is 63.0. The number of nitrogens with one attached hydrogen (secondary N) is 1. The molecule has 0 aliphatic carbocycles. The Hall–Kier alpha value is -2.70. The normalized spacial score (nSPS) is 19.6. The van der Waals surface area contributed by atoms with Crippen LogP contribution >= 0.6 is 58.2 Å². The third kappa shape index (κ3) is 6.38. The van der Waals surface area contributed by atoms with Gasteiger partial charge in [0, 0.05) is 23.7 Å². The predicted octanol–water partition coefficient (Wildman–Crippen LogP) is 2.38. The van der Waals surface area contributed by atoms with E-state index in [4.69, 9.17) is 23.1 Å². The minimum atomic E-state index is -1.61. The molecule has 2 aromatic heterocycles. The molecule has 0 saturated carbocycles. The topological polar surface area (TPSA) is 207 Å². The van der Waals surface area contributed by atoms with Gasteiger partial charge in [0.15, 0.2) is 10.3 Å². The van der Waals surface area contributed by atoms with Crippen molar-refractivity contribution >= 4 is 81.1 Å². The number of aromatic nitrogens is 3. The number of carbonyl (C=O) groups excluding carboxylic acids is 2. The van der Waals surface area contributed by atoms with Gasteiger partial charge in [-0.3, -0.25) is 14.5 Å². The summed E-state index contributed by atoms with van der Waals surface area (Å²) in [5.74, 6) is -1.84. The molecule has 2 aromatic rings. The van der Waals surface area contributed by atoms with Crippen LogP contribution in [0.3, 0.4) is 0 Å². The van der Waals surface area contributed by atoms with Gasteiger partial charge in [-0.1, -0.05) is 46.5 Å². The van der Waals surface area contributed by atoms with E-state index < -0.39 is 35.2 Å². The van der Waals surface area contributed by atoms with Crippen molar-refractivity contribution in [3.63, 3.8) is 0 Å². The molecule has 13 nitrogen and oxygen atoms in total. The fourth-order valence-corrected chi connectivity index (χ4v) is 7.47. The largest absolute Gasteiger partial charge is 0.477 e. The standard InChI is InChI=1S/C21H21ClN8O5S4/c1-8-6-10(26-21(25-8)37-5-3-23)36-4-2-9-7-38-18-13(17(32)30(18)14(9)19(33)34)27-16(31)12(29-35)11-15(22)39-20(24)28-11/h2,4,6,12-13,18H,3,5,7,23H2,1H3,(H2,24,28)(H,27,31)(H,33,34)/t12?,13-,18-/m1/s1. The number of hydrogen-bond acceptors (Lipinski definition) is 14. The number of hydrogen-bond donors (Lipinski definition) is 4. The highest BCUT2D eigenvalue weighted by atomic mass is 35.5. The van der Waals surface area contributed by atoms with E-state index >= 15 is 0 Å². The Bertz CT molecular complexity index is 1390. The van der Waals surface area contributed by atoms with E-state index in [9.17, 15) is 24.4 Å². The van der Waals surface area contributed by atoms with Crippen LogP contribution in [0.25, 0.3) is 0 Å². The zero-order valence-corrected chi connectivity index (χ0v) is 24.1. The summed E-state index contributed by atoms with van der Waals surface area (Å²) >= 11 is 10.9. The van der Waals surface area contributed by atoms with Crippen molar-refractivity contribution in [1.29, 1.82) is 0 Å². The molecule has 2 aliphatic rings. The molecule has 206 valence electrons. The zero-order valence-electron chi connectivity index (χ0n) is 20.1. The summed E-state index contributed by atoms with van der Waals surface area (Å²) in [5.41, 5.74) is 12.1. The second-order valence-electron chi connectivity index (χ2n) is 7.98. The molecule has 1 fully saturated rings. The smallest absolute Gasteiger partial charge is 0.352 e. The van der Waals surface area contributed by atoms with Crippen LogP contribution < -0.4 is 16.8 Å². The molecular formula is C21H21ClN8O5S4. The van der Waals surface area contributed by atoms with E-state index in [0.29, 0.717) is 28.1 Å². The summed E-state index contributed by atoms with van der Waals surface area (Å²) < 4.78 is 0.0360. The summed E-state index contributed by atoms with van der Waals surface area (Å²) in [6, 6.07) is -0.851. The van der Waals surface area contributed by atoms with Gasteiger partial charge in [0.05, 0.1) is 0 Å². The molecule has 1 unspecified atom stereocenters. The number of carboxylic acid groups (broad SMARTS) is 1. The van der Waals surface area contributed by atoms with E-state index in [0.717, 1.165) is 21.9 Å². The molecule has 4 heterocycles. The first-order valence-electron chi connectivity index (χ1n) is 11.1. The maximum absolute atomic E-state index is 12.9. The lowest BCUT2D eigenvalue weighted by Crippen LogP contribution is -2.70. The quantitative estimate of drug-likeness (QED) is 0.0927. The Balaban J connectivity index is 1.47. The molecule has 0 bridgehead atoms. The molecule has 6 N–H and O–H groups in total. The number of fused-ring (bicyclic) bond motifs is 1. The highest BCUT2D eigenvalue weighted by Gasteiger charge is 2.54. The van der Waals surface area contributed by atoms with Gasteiger partial charge >= 0.3 is 5.97 Å². The van der Waals surface area contributed by atoms with Crippen LogP contribution in [0, 0.1) is 11.8 Å². The van der Waals surface area contributed by atoms with Crippen LogP contribution in [-0.4, -0.2) is 72.2 Å². The number of thiazole rings is 1. The fraction of sp³-hybridized carbons (Fsp3) is 0.333. The summed E-state index contributed by atoms with van der Waals surface area (Å²) in [5, 5.41) is 17.5. The molecule has 2 amide bonds. The molecule has 0 radical (unpaired) electrons. The minimum Gasteiger partial charge on any atom is -0.477 e. The number of aliphatic carboxylic acids is 1. The van der Waals surface area contributed by atoms with Gasteiger partial charge < -0.3 is 21.9 Å². The lowest BCUT2D eigenvalue weighted by atomic mass is 10.0. The van der Waals surface area contributed by atoms with E-state index in [1.807, 2.05) is 6.92 Å². The predicted molar refractivity (Wildman–Crippen MR) is 151 cm³/mol. The Morgan fingerprint density at radius 1 is 1.41 bits per heavy atom. The van der Waals surface area contributed by atoms with Crippen LogP contribution in [0.1, 0.15) is 17.4 Å². The highest BCUT2D eigenvalue weighted by molar-refractivity contribution is 8.02. The van der Waals surface area contributed by atoms with Crippen molar-refractivity contribution in [3.8, 4) is 0 Å². The van der Waals surface area contributed by atoms with Crippen molar-refractivity contribution in [2.45, 2.75) is 34.6 Å². The van der Waals surface area contributed by atoms with Crippen LogP contribution in [0.15, 0.2) is 44.2 Å². The Morgan fingerprint density at radius 3 is 2.82 bits per heavy atom. The molecule has 1 saturated heterocycles. The summed E-state index contributed by atoms with van der Waals surface area (Å²) in [6.45, 7) is 2.35. The first-order chi connectivity index (χ1) is 18.6. The van der Waals surface area contributed by atoms with Crippen molar-refractivity contribution in [3.05, 3.63) is 49.5 Å². The molecule has 0 spiro atoms. The molecule has 2 aliphatic heterocycles. The molecule has 18 heteroatoms. The maximum Gasteiger partial charge on any atom is 0.352 e. The first kappa shape index (κ1) is 29.3. The number of halogens is 1. The van der Waals surface area contributed by atoms with Gasteiger partial charge in [0.25, 0.3) is 11.8 Å². The number of nitrogen functional groups attached to an aromatic ring is 1. The van der Waals surface area contributed by atoms with Gasteiger partial charge in [-0.05, 0) is 35.2 Å². The summed E-state index contributed by atoms with van der Waals surface area (Å²) in [6.07, 6.45) is 1.63. The number of allylic oxidation sites excluding steroid dienone is 1. The molecule has 3 atom stereocenters. The number of β-lactam (4-membered cyclic amide) rings is 1. The zero-order chi connectivity index (χ0) is 28.3. The number of rotatable bonds is 11. The SMILES string of the molecule is Cc1cc(SC=CC2=C(C(=O)O)N3C(=O)[C@@H](NC(=O)C(N=O)c4nc(N)sc4Cl)[C@H]3SC2)nc(SCCN)n1. The average molecular weight is 629 g/mol. The first-order valence-corrected chi connectivity index (χ1v) is 15.2. The minimum absolute atomic E-state index is 0.0360. The van der Waals surface area contributed by atoms with E-state index in [1.54, 1.807) is 17.6 Å². The molecule has 0 aromatic carbocycles. The Kier molecular flexibility index (Phi) is 9.50. The summed E-state index contributed by atoms with van der Waals surface area (Å²) in [7, 11) is 0. The van der Waals surface area contributed by atoms with Crippen molar-refractivity contribution in [1.82, 2.24) is 25.2 Å².